The predicted octanol–water partition coefficient (Wildman–Crippen LogP) is 4.38. The second kappa shape index (κ2) is 7.43. The summed E-state index contributed by atoms with van der Waals surface area (Å²) in [6, 6.07) is 12.4. The van der Waals surface area contributed by atoms with Crippen molar-refractivity contribution in [2.45, 2.75) is 19.4 Å². The number of benzene rings is 2. The monoisotopic (exact) mass is 307 g/mol. The minimum atomic E-state index is -0.255. The summed E-state index contributed by atoms with van der Waals surface area (Å²) in [7, 11) is 1.56. The van der Waals surface area contributed by atoms with E-state index in [9.17, 15) is 4.39 Å². The van der Waals surface area contributed by atoms with Crippen molar-refractivity contribution < 1.29 is 9.13 Å². The van der Waals surface area contributed by atoms with Crippen LogP contribution in [0.15, 0.2) is 42.5 Å². The molecule has 0 aliphatic rings. The van der Waals surface area contributed by atoms with Gasteiger partial charge in [-0.05, 0) is 42.8 Å². The molecular weight excluding hydrogens is 289 g/mol. The highest BCUT2D eigenvalue weighted by atomic mass is 35.5. The zero-order chi connectivity index (χ0) is 15.2. The number of hydrogen-bond donors (Lipinski definition) is 1. The molecule has 4 heteroatoms. The van der Waals surface area contributed by atoms with Crippen LogP contribution >= 0.6 is 11.6 Å². The quantitative estimate of drug-likeness (QED) is 0.855. The van der Waals surface area contributed by atoms with E-state index in [1.807, 2.05) is 31.2 Å². The van der Waals surface area contributed by atoms with Crippen molar-refractivity contribution in [1.29, 1.82) is 0 Å². The Labute approximate surface area is 129 Å². The highest BCUT2D eigenvalue weighted by Crippen LogP contribution is 2.30. The van der Waals surface area contributed by atoms with Crippen LogP contribution in [0.2, 0.25) is 5.02 Å². The van der Waals surface area contributed by atoms with Gasteiger partial charge < -0.3 is 10.1 Å². The number of nitrogens with one attached hydrogen (secondary N) is 1. The Bertz CT molecular complexity index is 586. The normalized spacial score (nSPS) is 12.2. The summed E-state index contributed by atoms with van der Waals surface area (Å²) in [5, 5.41) is 4.02. The Balaban J connectivity index is 2.32. The van der Waals surface area contributed by atoms with E-state index in [0.717, 1.165) is 12.1 Å². The lowest BCUT2D eigenvalue weighted by atomic mass is 9.97. The van der Waals surface area contributed by atoms with Gasteiger partial charge in [0.25, 0.3) is 0 Å². The number of rotatable bonds is 6. The molecule has 1 N–H and O–H groups in total. The molecule has 0 aliphatic heterocycles. The van der Waals surface area contributed by atoms with Crippen molar-refractivity contribution in [3.8, 4) is 5.75 Å². The van der Waals surface area contributed by atoms with Gasteiger partial charge in [0, 0.05) is 16.6 Å². The van der Waals surface area contributed by atoms with Crippen LogP contribution in [0.25, 0.3) is 0 Å². The molecule has 2 aromatic carbocycles. The molecule has 0 saturated heterocycles. The summed E-state index contributed by atoms with van der Waals surface area (Å²) in [4.78, 5) is 0. The molecule has 1 atom stereocenters. The summed E-state index contributed by atoms with van der Waals surface area (Å²) in [5.41, 5.74) is 1.66. The van der Waals surface area contributed by atoms with Crippen LogP contribution in [-0.2, 0) is 6.42 Å². The molecule has 0 aromatic heterocycles. The lowest BCUT2D eigenvalue weighted by Crippen LogP contribution is -2.24. The van der Waals surface area contributed by atoms with Crippen molar-refractivity contribution in [2.75, 3.05) is 13.7 Å². The first-order chi connectivity index (χ1) is 10.2. The maximum atomic E-state index is 14.2. The Kier molecular flexibility index (Phi) is 5.59. The summed E-state index contributed by atoms with van der Waals surface area (Å²) in [5.74, 6) is 0.309. The van der Waals surface area contributed by atoms with Crippen LogP contribution in [0.5, 0.6) is 5.75 Å². The summed E-state index contributed by atoms with van der Waals surface area (Å²) in [6.45, 7) is 2.75. The first-order valence-corrected chi connectivity index (χ1v) is 7.33. The van der Waals surface area contributed by atoms with Crippen LogP contribution in [0, 0.1) is 5.82 Å². The SMILES string of the molecule is CCNC(Cc1ccc(Cl)cc1)c1c(F)cccc1OC. The van der Waals surface area contributed by atoms with E-state index in [2.05, 4.69) is 5.32 Å². The van der Waals surface area contributed by atoms with E-state index >= 15 is 0 Å². The van der Waals surface area contributed by atoms with Crippen LogP contribution < -0.4 is 10.1 Å². The zero-order valence-electron chi connectivity index (χ0n) is 12.2. The van der Waals surface area contributed by atoms with Gasteiger partial charge in [0.1, 0.15) is 11.6 Å². The molecule has 0 aliphatic carbocycles. The van der Waals surface area contributed by atoms with Crippen molar-refractivity contribution in [3.63, 3.8) is 0 Å². The Hall–Kier alpha value is -1.58. The van der Waals surface area contributed by atoms with Crippen LogP contribution in [0.4, 0.5) is 4.39 Å². The fraction of sp³-hybridized carbons (Fsp3) is 0.294. The predicted molar refractivity (Wildman–Crippen MR) is 84.5 cm³/mol. The van der Waals surface area contributed by atoms with E-state index in [1.165, 1.54) is 6.07 Å². The fourth-order valence-electron chi connectivity index (χ4n) is 2.41. The first-order valence-electron chi connectivity index (χ1n) is 6.96. The van der Waals surface area contributed by atoms with Gasteiger partial charge in [-0.2, -0.15) is 0 Å². The first kappa shape index (κ1) is 15.8. The van der Waals surface area contributed by atoms with Gasteiger partial charge in [0.15, 0.2) is 0 Å². The fourth-order valence-corrected chi connectivity index (χ4v) is 2.54. The minimum Gasteiger partial charge on any atom is -0.496 e. The summed E-state index contributed by atoms with van der Waals surface area (Å²) < 4.78 is 19.5. The van der Waals surface area contributed by atoms with Gasteiger partial charge in [-0.1, -0.05) is 36.7 Å². The van der Waals surface area contributed by atoms with E-state index < -0.39 is 0 Å². The molecule has 0 bridgehead atoms. The third-order valence-corrected chi connectivity index (χ3v) is 3.64. The lowest BCUT2D eigenvalue weighted by molar-refractivity contribution is 0.390. The smallest absolute Gasteiger partial charge is 0.131 e. The average molecular weight is 308 g/mol. The second-order valence-corrected chi connectivity index (χ2v) is 5.23. The highest BCUT2D eigenvalue weighted by molar-refractivity contribution is 6.30. The minimum absolute atomic E-state index is 0.146. The van der Waals surface area contributed by atoms with E-state index in [1.54, 1.807) is 19.2 Å². The van der Waals surface area contributed by atoms with Crippen molar-refractivity contribution >= 4 is 11.6 Å². The maximum Gasteiger partial charge on any atom is 0.131 e. The molecule has 1 unspecified atom stereocenters. The molecule has 0 spiro atoms. The number of halogens is 2. The third kappa shape index (κ3) is 3.96. The molecule has 21 heavy (non-hydrogen) atoms. The molecule has 0 amide bonds. The van der Waals surface area contributed by atoms with Gasteiger partial charge in [-0.25, -0.2) is 4.39 Å². The third-order valence-electron chi connectivity index (χ3n) is 3.38. The average Bonchev–Trinajstić information content (AvgIpc) is 2.49. The molecule has 112 valence electrons. The standard InChI is InChI=1S/C17H19ClFNO/c1-3-20-15(11-12-7-9-13(18)10-8-12)17-14(19)5-4-6-16(17)21-2/h4-10,15,20H,3,11H2,1-2H3. The van der Waals surface area contributed by atoms with Crippen LogP contribution in [0.1, 0.15) is 24.1 Å². The molecule has 0 saturated carbocycles. The lowest BCUT2D eigenvalue weighted by Gasteiger charge is -2.21. The molecule has 0 radical (unpaired) electrons. The molecular formula is C17H19ClFNO. The van der Waals surface area contributed by atoms with E-state index in [4.69, 9.17) is 16.3 Å². The Morgan fingerprint density at radius 1 is 1.19 bits per heavy atom. The van der Waals surface area contributed by atoms with Crippen molar-refractivity contribution in [2.24, 2.45) is 0 Å². The summed E-state index contributed by atoms with van der Waals surface area (Å²) in [6.07, 6.45) is 0.669. The molecule has 2 aromatic rings. The topological polar surface area (TPSA) is 21.3 Å². The highest BCUT2D eigenvalue weighted by Gasteiger charge is 2.20. The molecule has 2 nitrogen and oxygen atoms in total. The van der Waals surface area contributed by atoms with Crippen LogP contribution in [-0.4, -0.2) is 13.7 Å². The number of ether oxygens (including phenoxy) is 1. The maximum absolute atomic E-state index is 14.2. The van der Waals surface area contributed by atoms with E-state index in [0.29, 0.717) is 22.8 Å². The van der Waals surface area contributed by atoms with Crippen LogP contribution in [0.3, 0.4) is 0 Å². The van der Waals surface area contributed by atoms with Crippen molar-refractivity contribution in [3.05, 3.63) is 64.4 Å². The van der Waals surface area contributed by atoms with Gasteiger partial charge in [-0.3, -0.25) is 0 Å². The van der Waals surface area contributed by atoms with Gasteiger partial charge in [0.2, 0.25) is 0 Å². The largest absolute Gasteiger partial charge is 0.496 e. The van der Waals surface area contributed by atoms with Gasteiger partial charge in [-0.15, -0.1) is 0 Å². The number of methoxy groups -OCH3 is 1. The van der Waals surface area contributed by atoms with Crippen molar-refractivity contribution in [1.82, 2.24) is 5.32 Å². The second-order valence-electron chi connectivity index (χ2n) is 4.80. The Morgan fingerprint density at radius 3 is 2.52 bits per heavy atom. The van der Waals surface area contributed by atoms with Gasteiger partial charge in [0.05, 0.1) is 7.11 Å². The molecule has 0 fully saturated rings. The Morgan fingerprint density at radius 2 is 1.90 bits per heavy atom. The van der Waals surface area contributed by atoms with Gasteiger partial charge >= 0.3 is 0 Å². The molecule has 2 rings (SSSR count). The molecule has 0 heterocycles. The van der Waals surface area contributed by atoms with E-state index in [-0.39, 0.29) is 11.9 Å². The number of likely N-dealkylation sites (N-methyl/N-ethyl adjacent to an activating group) is 1. The number of hydrogen-bond acceptors (Lipinski definition) is 2. The zero-order valence-corrected chi connectivity index (χ0v) is 13.0. The summed E-state index contributed by atoms with van der Waals surface area (Å²) >= 11 is 5.90.